The molecule has 108 valence electrons. The van der Waals surface area contributed by atoms with Crippen molar-refractivity contribution < 1.29 is 4.74 Å². The maximum absolute atomic E-state index is 6.07. The van der Waals surface area contributed by atoms with Gasteiger partial charge in [-0.15, -0.1) is 5.10 Å². The van der Waals surface area contributed by atoms with Crippen LogP contribution in [0.5, 0.6) is 5.75 Å². The first kappa shape index (κ1) is 13.8. The SMILES string of the molecule is Cc1nc(Cl)c2nnn(-c3cccc(OC(C)C)c3)c2n1. The molecular weight excluding hydrogens is 290 g/mol. The molecule has 0 N–H and O–H groups in total. The van der Waals surface area contributed by atoms with Crippen LogP contribution in [0.2, 0.25) is 5.15 Å². The van der Waals surface area contributed by atoms with Gasteiger partial charge in [0.2, 0.25) is 0 Å². The second kappa shape index (κ2) is 5.29. The standard InChI is InChI=1S/C14H14ClN5O/c1-8(2)21-11-6-4-5-10(7-11)20-14-12(18-19-20)13(15)16-9(3)17-14/h4-8H,1-3H3. The van der Waals surface area contributed by atoms with Crippen molar-refractivity contribution in [1.82, 2.24) is 25.0 Å². The number of rotatable bonds is 3. The van der Waals surface area contributed by atoms with E-state index in [4.69, 9.17) is 16.3 Å². The van der Waals surface area contributed by atoms with Gasteiger partial charge >= 0.3 is 0 Å². The van der Waals surface area contributed by atoms with Crippen LogP contribution < -0.4 is 4.74 Å². The van der Waals surface area contributed by atoms with E-state index in [0.29, 0.717) is 22.1 Å². The van der Waals surface area contributed by atoms with E-state index in [1.807, 2.05) is 38.1 Å². The van der Waals surface area contributed by atoms with Crippen LogP contribution in [-0.4, -0.2) is 31.1 Å². The van der Waals surface area contributed by atoms with Gasteiger partial charge in [-0.05, 0) is 32.9 Å². The van der Waals surface area contributed by atoms with Crippen LogP contribution in [0, 0.1) is 6.92 Å². The number of hydrogen-bond acceptors (Lipinski definition) is 5. The Labute approximate surface area is 126 Å². The molecule has 0 amide bonds. The first-order valence-electron chi connectivity index (χ1n) is 6.57. The first-order valence-corrected chi connectivity index (χ1v) is 6.95. The van der Waals surface area contributed by atoms with Gasteiger partial charge in [0.15, 0.2) is 16.3 Å². The molecule has 0 atom stereocenters. The van der Waals surface area contributed by atoms with E-state index >= 15 is 0 Å². The molecule has 3 rings (SSSR count). The lowest BCUT2D eigenvalue weighted by atomic mass is 10.3. The maximum Gasteiger partial charge on any atom is 0.188 e. The predicted octanol–water partition coefficient (Wildman–Crippen LogP) is 2.96. The third kappa shape index (κ3) is 2.67. The summed E-state index contributed by atoms with van der Waals surface area (Å²) in [6, 6.07) is 7.60. The van der Waals surface area contributed by atoms with Crippen molar-refractivity contribution in [2.24, 2.45) is 0 Å². The van der Waals surface area contributed by atoms with Crippen molar-refractivity contribution in [3.8, 4) is 11.4 Å². The molecule has 0 radical (unpaired) electrons. The summed E-state index contributed by atoms with van der Waals surface area (Å²) in [4.78, 5) is 8.44. The van der Waals surface area contributed by atoms with Crippen molar-refractivity contribution in [2.75, 3.05) is 0 Å². The summed E-state index contributed by atoms with van der Waals surface area (Å²) < 4.78 is 7.32. The molecular formula is C14H14ClN5O. The van der Waals surface area contributed by atoms with Crippen molar-refractivity contribution in [2.45, 2.75) is 26.9 Å². The molecule has 0 saturated heterocycles. The van der Waals surface area contributed by atoms with Crippen LogP contribution in [-0.2, 0) is 0 Å². The summed E-state index contributed by atoms with van der Waals surface area (Å²) in [5.41, 5.74) is 1.87. The quantitative estimate of drug-likeness (QED) is 0.696. The Morgan fingerprint density at radius 2 is 2.05 bits per heavy atom. The first-order chi connectivity index (χ1) is 10.0. The van der Waals surface area contributed by atoms with Gasteiger partial charge in [-0.3, -0.25) is 0 Å². The van der Waals surface area contributed by atoms with Crippen LogP contribution >= 0.6 is 11.6 Å². The number of aromatic nitrogens is 5. The minimum Gasteiger partial charge on any atom is -0.491 e. The van der Waals surface area contributed by atoms with E-state index in [2.05, 4.69) is 20.3 Å². The Hall–Kier alpha value is -2.21. The number of fused-ring (bicyclic) bond motifs is 1. The normalized spacial score (nSPS) is 11.3. The third-order valence-corrected chi connectivity index (χ3v) is 3.07. The highest BCUT2D eigenvalue weighted by Crippen LogP contribution is 2.23. The topological polar surface area (TPSA) is 65.7 Å². The van der Waals surface area contributed by atoms with E-state index in [9.17, 15) is 0 Å². The van der Waals surface area contributed by atoms with Gasteiger partial charge < -0.3 is 4.74 Å². The number of ether oxygens (including phenoxy) is 1. The molecule has 2 aromatic heterocycles. The fourth-order valence-corrected chi connectivity index (χ4v) is 2.26. The molecule has 0 aliphatic rings. The Morgan fingerprint density at radius 3 is 2.81 bits per heavy atom. The van der Waals surface area contributed by atoms with Crippen molar-refractivity contribution in [3.05, 3.63) is 35.2 Å². The highest BCUT2D eigenvalue weighted by molar-refractivity contribution is 6.33. The van der Waals surface area contributed by atoms with Gasteiger partial charge in [-0.1, -0.05) is 22.9 Å². The Balaban J connectivity index is 2.12. The van der Waals surface area contributed by atoms with Crippen LogP contribution in [0.1, 0.15) is 19.7 Å². The Bertz CT molecular complexity index is 799. The minimum absolute atomic E-state index is 0.103. The molecule has 0 bridgehead atoms. The second-order valence-corrected chi connectivity index (χ2v) is 5.26. The van der Waals surface area contributed by atoms with Crippen LogP contribution in [0.15, 0.2) is 24.3 Å². The monoisotopic (exact) mass is 303 g/mol. The van der Waals surface area contributed by atoms with Gasteiger partial charge in [0, 0.05) is 6.07 Å². The highest BCUT2D eigenvalue weighted by Gasteiger charge is 2.13. The van der Waals surface area contributed by atoms with Crippen molar-refractivity contribution in [3.63, 3.8) is 0 Å². The molecule has 0 saturated carbocycles. The summed E-state index contributed by atoms with van der Waals surface area (Å²) in [7, 11) is 0. The number of hydrogen-bond donors (Lipinski definition) is 0. The van der Waals surface area contributed by atoms with Crippen LogP contribution in [0.4, 0.5) is 0 Å². The zero-order chi connectivity index (χ0) is 15.0. The van der Waals surface area contributed by atoms with Crippen LogP contribution in [0.25, 0.3) is 16.9 Å². The Kier molecular flexibility index (Phi) is 3.47. The molecule has 0 aliphatic heterocycles. The lowest BCUT2D eigenvalue weighted by Crippen LogP contribution is -2.06. The maximum atomic E-state index is 6.07. The summed E-state index contributed by atoms with van der Waals surface area (Å²) >= 11 is 6.07. The fourth-order valence-electron chi connectivity index (χ4n) is 2.02. The summed E-state index contributed by atoms with van der Waals surface area (Å²) in [6.45, 7) is 5.74. The van der Waals surface area contributed by atoms with Crippen LogP contribution in [0.3, 0.4) is 0 Å². The van der Waals surface area contributed by atoms with E-state index < -0.39 is 0 Å². The van der Waals surface area contributed by atoms with E-state index in [1.54, 1.807) is 11.6 Å². The van der Waals surface area contributed by atoms with E-state index in [0.717, 1.165) is 11.4 Å². The van der Waals surface area contributed by atoms with Gasteiger partial charge in [0.25, 0.3) is 0 Å². The Morgan fingerprint density at radius 1 is 1.24 bits per heavy atom. The molecule has 21 heavy (non-hydrogen) atoms. The second-order valence-electron chi connectivity index (χ2n) is 4.90. The van der Waals surface area contributed by atoms with Gasteiger partial charge in [-0.2, -0.15) is 4.68 Å². The van der Waals surface area contributed by atoms with Crippen molar-refractivity contribution in [1.29, 1.82) is 0 Å². The predicted molar refractivity (Wildman–Crippen MR) is 80.0 cm³/mol. The molecule has 1 aromatic carbocycles. The van der Waals surface area contributed by atoms with Gasteiger partial charge in [0.1, 0.15) is 11.6 Å². The average Bonchev–Trinajstić information content (AvgIpc) is 2.82. The number of benzene rings is 1. The largest absolute Gasteiger partial charge is 0.491 e. The molecule has 0 unspecified atom stereocenters. The third-order valence-electron chi connectivity index (χ3n) is 2.80. The summed E-state index contributed by atoms with van der Waals surface area (Å²) in [5, 5.41) is 8.46. The number of nitrogens with zero attached hydrogens (tertiary/aromatic N) is 5. The zero-order valence-corrected chi connectivity index (χ0v) is 12.7. The molecule has 0 aliphatic carbocycles. The molecule has 0 fully saturated rings. The number of aryl methyl sites for hydroxylation is 1. The summed E-state index contributed by atoms with van der Waals surface area (Å²) in [6.07, 6.45) is 0.103. The number of halogens is 1. The molecule has 2 heterocycles. The lowest BCUT2D eigenvalue weighted by Gasteiger charge is -2.10. The fraction of sp³-hybridized carbons (Fsp3) is 0.286. The highest BCUT2D eigenvalue weighted by atomic mass is 35.5. The minimum atomic E-state index is 0.103. The van der Waals surface area contributed by atoms with E-state index in [1.165, 1.54) is 0 Å². The zero-order valence-electron chi connectivity index (χ0n) is 11.9. The van der Waals surface area contributed by atoms with Gasteiger partial charge in [0.05, 0.1) is 11.8 Å². The van der Waals surface area contributed by atoms with Crippen molar-refractivity contribution >= 4 is 22.8 Å². The average molecular weight is 304 g/mol. The lowest BCUT2D eigenvalue weighted by molar-refractivity contribution is 0.242. The summed E-state index contributed by atoms with van der Waals surface area (Å²) in [5.74, 6) is 1.34. The molecule has 0 spiro atoms. The van der Waals surface area contributed by atoms with E-state index in [-0.39, 0.29) is 6.10 Å². The molecule has 6 nitrogen and oxygen atoms in total. The molecule has 7 heteroatoms. The smallest absolute Gasteiger partial charge is 0.188 e. The van der Waals surface area contributed by atoms with Gasteiger partial charge in [-0.25, -0.2) is 9.97 Å². The molecule has 3 aromatic rings.